The van der Waals surface area contributed by atoms with E-state index in [-0.39, 0.29) is 40.7 Å². The lowest BCUT2D eigenvalue weighted by Gasteiger charge is -2.63. The normalized spacial score (nSPS) is 52.2. The first-order valence-electron chi connectivity index (χ1n) is 12.4. The molecule has 7 heteroatoms. The molecular formula is C26H34O7. The topological polar surface area (TPSA) is 110 Å². The number of hydrogen-bond acceptors (Lipinski definition) is 7. The molecule has 1 aromatic rings. The van der Waals surface area contributed by atoms with Gasteiger partial charge >= 0.3 is 11.6 Å². The maximum atomic E-state index is 12.1. The molecule has 180 valence electrons. The van der Waals surface area contributed by atoms with Gasteiger partial charge in [0.2, 0.25) is 0 Å². The summed E-state index contributed by atoms with van der Waals surface area (Å²) in [5.74, 6) is 0.0816. The SMILES string of the molecule is CC(=O)OC1C2O[C@@]23C2CC[C@]4(O)CC(O)CC[C@]4(C)C2CC[C@]3(C)C1c1ccc(=O)oc1. The summed E-state index contributed by atoms with van der Waals surface area (Å²) in [6.45, 7) is 5.89. The standard InChI is InChI=1S/C26H34O7/c1-14(27)32-21-20(15-4-5-19(29)31-13-15)24(3)10-7-17-18(26(24)22(21)33-26)8-11-25(30)12-16(28)6-9-23(17,25)2/h4-5,13,16-18,20-22,28,30H,6-12H2,1-3H3/t16?,17?,18?,20?,21?,22?,23-,24-,25+,26+/m1/s1. The second kappa shape index (κ2) is 6.70. The molecule has 6 rings (SSSR count). The first-order valence-corrected chi connectivity index (χ1v) is 12.4. The van der Waals surface area contributed by atoms with Crippen molar-refractivity contribution in [2.45, 2.75) is 101 Å². The van der Waals surface area contributed by atoms with Crippen molar-refractivity contribution in [3.05, 3.63) is 34.4 Å². The lowest BCUT2D eigenvalue weighted by atomic mass is 9.42. The van der Waals surface area contributed by atoms with Crippen molar-refractivity contribution >= 4 is 5.97 Å². The number of aliphatic hydroxyl groups excluding tert-OH is 1. The number of ether oxygens (including phenoxy) is 2. The third-order valence-electron chi connectivity index (χ3n) is 10.6. The van der Waals surface area contributed by atoms with Crippen LogP contribution in [-0.4, -0.2) is 45.7 Å². The predicted octanol–water partition coefficient (Wildman–Crippen LogP) is 2.91. The van der Waals surface area contributed by atoms with Gasteiger partial charge in [0.1, 0.15) is 17.8 Å². The van der Waals surface area contributed by atoms with E-state index in [4.69, 9.17) is 13.9 Å². The van der Waals surface area contributed by atoms with E-state index < -0.39 is 29.0 Å². The number of carbonyl (C=O) groups is 1. The molecule has 5 fully saturated rings. The van der Waals surface area contributed by atoms with Crippen molar-refractivity contribution in [2.24, 2.45) is 22.7 Å². The molecule has 33 heavy (non-hydrogen) atoms. The van der Waals surface area contributed by atoms with Crippen LogP contribution < -0.4 is 5.63 Å². The summed E-state index contributed by atoms with van der Waals surface area (Å²) >= 11 is 0. The summed E-state index contributed by atoms with van der Waals surface area (Å²) in [7, 11) is 0. The van der Waals surface area contributed by atoms with Crippen molar-refractivity contribution in [3.63, 3.8) is 0 Å². The molecule has 1 aromatic heterocycles. The largest absolute Gasteiger partial charge is 0.459 e. The molecule has 1 saturated heterocycles. The number of carbonyl (C=O) groups excluding carboxylic acids is 1. The van der Waals surface area contributed by atoms with Gasteiger partial charge in [-0.1, -0.05) is 13.8 Å². The van der Waals surface area contributed by atoms with E-state index in [2.05, 4.69) is 13.8 Å². The highest BCUT2D eigenvalue weighted by molar-refractivity contribution is 5.66. The van der Waals surface area contributed by atoms with Gasteiger partial charge in [0.25, 0.3) is 0 Å². The van der Waals surface area contributed by atoms with Crippen LogP contribution in [0.5, 0.6) is 0 Å². The third kappa shape index (κ3) is 2.62. The Morgan fingerprint density at radius 1 is 1.09 bits per heavy atom. The smallest absolute Gasteiger partial charge is 0.335 e. The van der Waals surface area contributed by atoms with Gasteiger partial charge in [0.05, 0.1) is 18.0 Å². The van der Waals surface area contributed by atoms with Crippen molar-refractivity contribution < 1.29 is 28.9 Å². The van der Waals surface area contributed by atoms with E-state index in [9.17, 15) is 19.8 Å². The Kier molecular flexibility index (Phi) is 4.43. The summed E-state index contributed by atoms with van der Waals surface area (Å²) in [5.41, 5.74) is -1.34. The molecule has 0 aromatic carbocycles. The Bertz CT molecular complexity index is 1030. The minimum Gasteiger partial charge on any atom is -0.459 e. The summed E-state index contributed by atoms with van der Waals surface area (Å²) in [5, 5.41) is 22.0. The van der Waals surface area contributed by atoms with Crippen LogP contribution in [-0.2, 0) is 14.3 Å². The maximum absolute atomic E-state index is 12.1. The minimum atomic E-state index is -0.850. The molecule has 4 aliphatic carbocycles. The van der Waals surface area contributed by atoms with Crippen molar-refractivity contribution in [3.8, 4) is 0 Å². The van der Waals surface area contributed by atoms with Crippen LogP contribution >= 0.6 is 0 Å². The zero-order valence-electron chi connectivity index (χ0n) is 19.6. The van der Waals surface area contributed by atoms with Gasteiger partial charge in [-0.3, -0.25) is 4.79 Å². The molecule has 2 heterocycles. The molecule has 1 aliphatic heterocycles. The highest BCUT2D eigenvalue weighted by Gasteiger charge is 2.85. The average Bonchev–Trinajstić information content (AvgIpc) is 3.45. The van der Waals surface area contributed by atoms with E-state index >= 15 is 0 Å². The van der Waals surface area contributed by atoms with Gasteiger partial charge in [-0.15, -0.1) is 0 Å². The van der Waals surface area contributed by atoms with Gasteiger partial charge in [0.15, 0.2) is 0 Å². The molecule has 0 amide bonds. The van der Waals surface area contributed by atoms with E-state index in [1.165, 1.54) is 19.3 Å². The third-order valence-corrected chi connectivity index (χ3v) is 10.6. The first-order chi connectivity index (χ1) is 15.6. The highest BCUT2D eigenvalue weighted by Crippen LogP contribution is 2.78. The average molecular weight is 459 g/mol. The van der Waals surface area contributed by atoms with E-state index in [1.54, 1.807) is 6.07 Å². The molecule has 4 saturated carbocycles. The molecule has 7 nitrogen and oxygen atoms in total. The van der Waals surface area contributed by atoms with Gasteiger partial charge in [-0.25, -0.2) is 4.79 Å². The van der Waals surface area contributed by atoms with E-state index in [0.717, 1.165) is 37.7 Å². The van der Waals surface area contributed by atoms with Crippen LogP contribution in [0.3, 0.4) is 0 Å². The van der Waals surface area contributed by atoms with Crippen molar-refractivity contribution in [1.29, 1.82) is 0 Å². The molecule has 6 unspecified atom stereocenters. The zero-order chi connectivity index (χ0) is 23.4. The zero-order valence-corrected chi connectivity index (χ0v) is 19.6. The number of esters is 1. The number of rotatable bonds is 2. The second-order valence-corrected chi connectivity index (χ2v) is 11.8. The Hall–Kier alpha value is -1.70. The fraction of sp³-hybridized carbons (Fsp3) is 0.769. The maximum Gasteiger partial charge on any atom is 0.335 e. The molecular weight excluding hydrogens is 424 g/mol. The second-order valence-electron chi connectivity index (χ2n) is 11.8. The molecule has 1 spiro atoms. The van der Waals surface area contributed by atoms with Crippen LogP contribution in [0.4, 0.5) is 0 Å². The Balaban J connectivity index is 1.42. The van der Waals surface area contributed by atoms with Gasteiger partial charge in [-0.05, 0) is 67.4 Å². The van der Waals surface area contributed by atoms with E-state index in [1.807, 2.05) is 0 Å². The Labute approximate surface area is 193 Å². The minimum absolute atomic E-state index is 0.118. The lowest BCUT2D eigenvalue weighted by Crippen LogP contribution is -2.65. The Morgan fingerprint density at radius 3 is 2.52 bits per heavy atom. The van der Waals surface area contributed by atoms with Crippen LogP contribution in [0.25, 0.3) is 0 Å². The van der Waals surface area contributed by atoms with Crippen LogP contribution in [0, 0.1) is 22.7 Å². The summed E-state index contributed by atoms with van der Waals surface area (Å²) in [6, 6.07) is 3.23. The van der Waals surface area contributed by atoms with Crippen molar-refractivity contribution in [1.82, 2.24) is 0 Å². The monoisotopic (exact) mass is 458 g/mol. The van der Waals surface area contributed by atoms with Crippen molar-refractivity contribution in [2.75, 3.05) is 0 Å². The fourth-order valence-corrected chi connectivity index (χ4v) is 9.10. The molecule has 10 atom stereocenters. The summed E-state index contributed by atoms with van der Waals surface area (Å²) in [4.78, 5) is 23.7. The molecule has 0 bridgehead atoms. The summed E-state index contributed by atoms with van der Waals surface area (Å²) in [6.07, 6.45) is 5.74. The fourth-order valence-electron chi connectivity index (χ4n) is 9.10. The quantitative estimate of drug-likeness (QED) is 0.518. The van der Waals surface area contributed by atoms with Crippen LogP contribution in [0.2, 0.25) is 0 Å². The number of hydrogen-bond donors (Lipinski definition) is 2. The number of epoxide rings is 1. The number of fused-ring (bicyclic) bond motifs is 3. The highest BCUT2D eigenvalue weighted by atomic mass is 16.7. The number of aliphatic hydroxyl groups is 2. The molecule has 2 N–H and O–H groups in total. The summed E-state index contributed by atoms with van der Waals surface area (Å²) < 4.78 is 17.7. The van der Waals surface area contributed by atoms with Gasteiger partial charge in [-0.2, -0.15) is 0 Å². The molecule has 5 aliphatic rings. The van der Waals surface area contributed by atoms with Crippen LogP contribution in [0.1, 0.15) is 77.2 Å². The van der Waals surface area contributed by atoms with Gasteiger partial charge < -0.3 is 24.1 Å². The predicted molar refractivity (Wildman–Crippen MR) is 117 cm³/mol. The first kappa shape index (κ1) is 21.8. The van der Waals surface area contributed by atoms with Gasteiger partial charge in [0, 0.05) is 30.7 Å². The molecule has 0 radical (unpaired) electrons. The van der Waals surface area contributed by atoms with E-state index in [0.29, 0.717) is 12.8 Å². The lowest BCUT2D eigenvalue weighted by molar-refractivity contribution is -0.224. The Morgan fingerprint density at radius 2 is 1.82 bits per heavy atom. The van der Waals surface area contributed by atoms with Crippen LogP contribution in [0.15, 0.2) is 27.6 Å².